The third-order valence-electron chi connectivity index (χ3n) is 7.45. The average Bonchev–Trinajstić information content (AvgIpc) is 2.99. The number of ether oxygens (including phenoxy) is 7. The van der Waals surface area contributed by atoms with Crippen LogP contribution in [0.3, 0.4) is 0 Å². The largest absolute Gasteiger partial charge is 0.479 e. The molecule has 3 heterocycles. The van der Waals surface area contributed by atoms with Gasteiger partial charge in [0.2, 0.25) is 0 Å². The molecule has 0 bridgehead atoms. The summed E-state index contributed by atoms with van der Waals surface area (Å²) in [6.07, 6.45) is -19.6. The van der Waals surface area contributed by atoms with E-state index in [0.717, 1.165) is 0 Å². The van der Waals surface area contributed by atoms with Gasteiger partial charge in [-0.1, -0.05) is 0 Å². The van der Waals surface area contributed by atoms with Crippen LogP contribution in [0.5, 0.6) is 0 Å². The van der Waals surface area contributed by atoms with E-state index in [4.69, 9.17) is 33.2 Å². The fourth-order valence-electron chi connectivity index (χ4n) is 5.32. The Labute approximate surface area is 245 Å². The second kappa shape index (κ2) is 16.5. The minimum Gasteiger partial charge on any atom is -0.479 e. The maximum absolute atomic E-state index is 12.2. The molecule has 6 unspecified atom stereocenters. The number of aliphatic hydroxyl groups excluding tert-OH is 6. The highest BCUT2D eigenvalue weighted by atomic mass is 16.8. The van der Waals surface area contributed by atoms with Crippen LogP contribution in [0.1, 0.15) is 0 Å². The molecular formula is C24H40N2O17. The molecule has 0 spiro atoms. The normalized spacial score (nSPS) is 43.7. The fraction of sp³-hybridized carbons (Fsp3) is 0.875. The highest BCUT2D eigenvalue weighted by Crippen LogP contribution is 2.33. The number of hydrogen-bond acceptors (Lipinski definition) is 18. The summed E-state index contributed by atoms with van der Waals surface area (Å²) < 4.78 is 38.4. The topological polar surface area (TPSA) is 281 Å². The van der Waals surface area contributed by atoms with Gasteiger partial charge < -0.3 is 89.1 Å². The van der Waals surface area contributed by atoms with Crippen molar-refractivity contribution in [3.8, 4) is 0 Å². The van der Waals surface area contributed by atoms with Crippen LogP contribution in [0, 0.1) is 0 Å². The number of nitrogens with one attached hydrogen (secondary N) is 2. The lowest BCUT2D eigenvalue weighted by molar-refractivity contribution is -0.362. The molecule has 3 saturated heterocycles. The Morgan fingerprint density at radius 1 is 0.698 bits per heavy atom. The molecule has 0 aromatic rings. The van der Waals surface area contributed by atoms with Gasteiger partial charge >= 0.3 is 5.97 Å². The number of carbonyl (C=O) groups is 3. The Morgan fingerprint density at radius 3 is 1.72 bits per heavy atom. The lowest BCUT2D eigenvalue weighted by Gasteiger charge is -2.49. The van der Waals surface area contributed by atoms with Crippen LogP contribution in [0.4, 0.5) is 0 Å². The van der Waals surface area contributed by atoms with Gasteiger partial charge in [-0.3, -0.25) is 0 Å². The van der Waals surface area contributed by atoms with Crippen molar-refractivity contribution in [3.05, 3.63) is 0 Å². The molecule has 15 atom stereocenters. The Morgan fingerprint density at radius 2 is 1.21 bits per heavy atom. The van der Waals surface area contributed by atoms with Crippen molar-refractivity contribution in [2.24, 2.45) is 0 Å². The molecule has 248 valence electrons. The van der Waals surface area contributed by atoms with Gasteiger partial charge in [0, 0.05) is 14.2 Å². The van der Waals surface area contributed by atoms with Crippen LogP contribution in [0.15, 0.2) is 0 Å². The lowest BCUT2D eigenvalue weighted by atomic mass is 9.94. The van der Waals surface area contributed by atoms with E-state index in [-0.39, 0.29) is 13.1 Å². The average molecular weight is 629 g/mol. The molecule has 19 heteroatoms. The summed E-state index contributed by atoms with van der Waals surface area (Å²) in [6.45, 7) is -1.87. The van der Waals surface area contributed by atoms with Gasteiger partial charge in [0.25, 0.3) is 0 Å². The molecule has 19 nitrogen and oxygen atoms in total. The highest BCUT2D eigenvalue weighted by Gasteiger charge is 2.55. The van der Waals surface area contributed by atoms with E-state index >= 15 is 0 Å². The zero-order valence-corrected chi connectivity index (χ0v) is 23.4. The molecule has 0 radical (unpaired) electrons. The van der Waals surface area contributed by atoms with Crippen LogP contribution in [-0.2, 0) is 47.5 Å². The molecule has 0 amide bonds. The van der Waals surface area contributed by atoms with E-state index in [2.05, 4.69) is 10.6 Å². The Hall–Kier alpha value is -1.79. The number of carboxylic acid groups (broad SMARTS) is 1. The van der Waals surface area contributed by atoms with Gasteiger partial charge in [-0.25, -0.2) is 4.79 Å². The predicted octanol–water partition coefficient (Wildman–Crippen LogP) is -6.58. The summed E-state index contributed by atoms with van der Waals surface area (Å²) in [7, 11) is 2.51. The molecule has 43 heavy (non-hydrogen) atoms. The monoisotopic (exact) mass is 628 g/mol. The molecule has 0 aliphatic carbocycles. The van der Waals surface area contributed by atoms with Crippen LogP contribution >= 0.6 is 0 Å². The van der Waals surface area contributed by atoms with Crippen molar-refractivity contribution in [2.75, 3.05) is 40.5 Å². The standard InChI is InChI=1S/C24H40N2O17/c1-37-17-9(7-29)40-23(12(13(17)31)26-4-6-28)42-19-15(33)16(34)24(43-20(19)21(35)36)41-18-10(8-30)39-22(38-2)11(14(18)32)25-3-5-27/h5-6,9-20,22-26,29-34H,3-4,7-8H2,1-2H3,(H,35,36)/t9?,10?,11?,12?,13-,14-,15-,16?,17-,18-,19+,20?,22+,23-,24-/m1/s1. The second-order valence-electron chi connectivity index (χ2n) is 10.0. The van der Waals surface area contributed by atoms with E-state index in [1.54, 1.807) is 0 Å². The third kappa shape index (κ3) is 7.90. The van der Waals surface area contributed by atoms with E-state index in [0.29, 0.717) is 12.6 Å². The molecule has 3 rings (SSSR count). The van der Waals surface area contributed by atoms with Crippen LogP contribution < -0.4 is 10.6 Å². The van der Waals surface area contributed by atoms with Crippen molar-refractivity contribution in [1.29, 1.82) is 0 Å². The molecule has 0 aromatic carbocycles. The fourth-order valence-corrected chi connectivity index (χ4v) is 5.32. The first-order valence-corrected chi connectivity index (χ1v) is 13.4. The van der Waals surface area contributed by atoms with E-state index in [1.165, 1.54) is 14.2 Å². The van der Waals surface area contributed by atoms with Crippen LogP contribution in [0.25, 0.3) is 0 Å². The maximum Gasteiger partial charge on any atom is 0.335 e. The minimum absolute atomic E-state index is 0.217. The first-order valence-electron chi connectivity index (χ1n) is 13.4. The minimum atomic E-state index is -2.04. The van der Waals surface area contributed by atoms with Crippen molar-refractivity contribution in [1.82, 2.24) is 10.6 Å². The van der Waals surface area contributed by atoms with Crippen LogP contribution in [0.2, 0.25) is 0 Å². The van der Waals surface area contributed by atoms with Gasteiger partial charge in [-0.05, 0) is 0 Å². The summed E-state index contributed by atoms with van der Waals surface area (Å²) in [5.41, 5.74) is 0. The quantitative estimate of drug-likeness (QED) is 0.0762. The number of aliphatic carboxylic acids is 1. The van der Waals surface area contributed by atoms with Gasteiger partial charge in [-0.2, -0.15) is 0 Å². The summed E-state index contributed by atoms with van der Waals surface area (Å²) in [6, 6.07) is -2.30. The highest BCUT2D eigenvalue weighted by molar-refractivity contribution is 5.73. The summed E-state index contributed by atoms with van der Waals surface area (Å²) in [5.74, 6) is -1.67. The Bertz CT molecular complexity index is 902. The summed E-state index contributed by atoms with van der Waals surface area (Å²) in [5, 5.41) is 78.5. The second-order valence-corrected chi connectivity index (χ2v) is 10.0. The zero-order chi connectivity index (χ0) is 31.8. The molecule has 0 saturated carbocycles. The number of methoxy groups -OCH3 is 2. The third-order valence-corrected chi connectivity index (χ3v) is 7.45. The summed E-state index contributed by atoms with van der Waals surface area (Å²) in [4.78, 5) is 34.1. The maximum atomic E-state index is 12.2. The first kappa shape index (κ1) is 35.7. The molecule has 0 aromatic heterocycles. The van der Waals surface area contributed by atoms with Crippen molar-refractivity contribution < 1.29 is 83.3 Å². The molecule has 9 N–H and O–H groups in total. The number of carbonyl (C=O) groups excluding carboxylic acids is 2. The number of carboxylic acids is 1. The zero-order valence-electron chi connectivity index (χ0n) is 23.4. The number of aldehydes is 2. The molecule has 3 aliphatic rings. The van der Waals surface area contributed by atoms with Gasteiger partial charge in [0.05, 0.1) is 38.4 Å². The molecule has 3 fully saturated rings. The van der Waals surface area contributed by atoms with E-state index in [9.17, 15) is 50.1 Å². The SMILES string of the molecule is CO[C@H]1OC(CO)[C@@H](O[C@@H]2OC(C(=O)O)[C@@H](O[C@H]3OC(CO)[C@@H](OC)[C@H](O)C3NCC=O)[C@H](O)C2O)[C@H](O)C1NCC=O. The van der Waals surface area contributed by atoms with Gasteiger partial charge in [0.1, 0.15) is 67.5 Å². The van der Waals surface area contributed by atoms with Gasteiger partial charge in [0.15, 0.2) is 25.0 Å². The predicted molar refractivity (Wildman–Crippen MR) is 135 cm³/mol. The smallest absolute Gasteiger partial charge is 0.335 e. The number of aliphatic hydroxyl groups is 6. The van der Waals surface area contributed by atoms with Gasteiger partial charge in [-0.15, -0.1) is 0 Å². The lowest BCUT2D eigenvalue weighted by Crippen LogP contribution is -2.69. The van der Waals surface area contributed by atoms with Crippen molar-refractivity contribution in [3.63, 3.8) is 0 Å². The van der Waals surface area contributed by atoms with E-state index in [1.807, 2.05) is 0 Å². The van der Waals surface area contributed by atoms with Crippen LogP contribution in [-0.4, -0.2) is 187 Å². The van der Waals surface area contributed by atoms with Crippen molar-refractivity contribution >= 4 is 18.5 Å². The Balaban J connectivity index is 1.83. The van der Waals surface area contributed by atoms with Crippen molar-refractivity contribution in [2.45, 2.75) is 92.0 Å². The van der Waals surface area contributed by atoms with E-state index < -0.39 is 111 Å². The number of hydrogen-bond donors (Lipinski definition) is 9. The molecule has 3 aliphatic heterocycles. The Kier molecular flexibility index (Phi) is 13.7. The first-order chi connectivity index (χ1) is 20.6. The number of rotatable bonds is 15. The molecular weight excluding hydrogens is 588 g/mol. The summed E-state index contributed by atoms with van der Waals surface area (Å²) >= 11 is 0.